The molecule has 0 unspecified atom stereocenters. The summed E-state index contributed by atoms with van der Waals surface area (Å²) in [5.74, 6) is 1.34. The summed E-state index contributed by atoms with van der Waals surface area (Å²) in [7, 11) is 0. The first-order valence-electron chi connectivity index (χ1n) is 4.67. The zero-order valence-electron chi connectivity index (χ0n) is 7.72. The zero-order valence-corrected chi connectivity index (χ0v) is 7.72. The lowest BCUT2D eigenvalue weighted by Crippen LogP contribution is -2.33. The minimum Gasteiger partial charge on any atom is -0.390 e. The van der Waals surface area contributed by atoms with E-state index in [4.69, 9.17) is 0 Å². The molecular formula is C10H18O. The molecule has 0 aliphatic heterocycles. The second-order valence-corrected chi connectivity index (χ2v) is 5.21. The van der Waals surface area contributed by atoms with Crippen LogP contribution in [0.15, 0.2) is 0 Å². The predicted molar refractivity (Wildman–Crippen MR) is 45.2 cm³/mol. The molecular weight excluding hydrogens is 136 g/mol. The Morgan fingerprint density at radius 3 is 2.00 bits per heavy atom. The normalized spacial score (nSPS) is 53.5. The summed E-state index contributed by atoms with van der Waals surface area (Å²) < 4.78 is 0. The van der Waals surface area contributed by atoms with E-state index in [1.807, 2.05) is 6.92 Å². The summed E-state index contributed by atoms with van der Waals surface area (Å²) in [6, 6.07) is 0. The Kier molecular flexibility index (Phi) is 1.26. The van der Waals surface area contributed by atoms with Crippen LogP contribution in [0.2, 0.25) is 0 Å². The zero-order chi connectivity index (χ0) is 8.28. The van der Waals surface area contributed by atoms with E-state index in [1.165, 1.54) is 12.8 Å². The molecule has 1 heteroatoms. The van der Waals surface area contributed by atoms with Crippen molar-refractivity contribution in [1.29, 1.82) is 0 Å². The topological polar surface area (TPSA) is 20.2 Å². The van der Waals surface area contributed by atoms with Gasteiger partial charge >= 0.3 is 0 Å². The summed E-state index contributed by atoms with van der Waals surface area (Å²) in [6.07, 6.45) is 3.61. The van der Waals surface area contributed by atoms with Gasteiger partial charge in [-0.15, -0.1) is 0 Å². The molecule has 0 radical (unpaired) electrons. The molecule has 2 aliphatic rings. The molecule has 2 aliphatic carbocycles. The summed E-state index contributed by atoms with van der Waals surface area (Å²) in [5.41, 5.74) is 0.0515. The van der Waals surface area contributed by atoms with Gasteiger partial charge in [0, 0.05) is 0 Å². The highest BCUT2D eigenvalue weighted by molar-refractivity contribution is 5.08. The van der Waals surface area contributed by atoms with Gasteiger partial charge in [0.05, 0.1) is 5.60 Å². The van der Waals surface area contributed by atoms with Gasteiger partial charge in [-0.1, -0.05) is 13.8 Å². The Morgan fingerprint density at radius 2 is 1.82 bits per heavy atom. The van der Waals surface area contributed by atoms with Crippen LogP contribution in [0, 0.1) is 17.3 Å². The minimum atomic E-state index is -0.355. The SMILES string of the molecule is CC1(C)[C@H]2CC[C@@H]1[C@@](C)(O)C2. The fraction of sp³-hybridized carbons (Fsp3) is 1.00. The quantitative estimate of drug-likeness (QED) is 0.567. The van der Waals surface area contributed by atoms with E-state index in [1.54, 1.807) is 0 Å². The highest BCUT2D eigenvalue weighted by Crippen LogP contribution is 2.61. The molecule has 0 amide bonds. The van der Waals surface area contributed by atoms with Crippen LogP contribution < -0.4 is 0 Å². The molecule has 0 saturated heterocycles. The van der Waals surface area contributed by atoms with Crippen molar-refractivity contribution in [3.05, 3.63) is 0 Å². The van der Waals surface area contributed by atoms with E-state index in [-0.39, 0.29) is 5.60 Å². The van der Waals surface area contributed by atoms with Gasteiger partial charge in [0.15, 0.2) is 0 Å². The van der Waals surface area contributed by atoms with Crippen molar-refractivity contribution in [3.63, 3.8) is 0 Å². The van der Waals surface area contributed by atoms with Gasteiger partial charge in [-0.05, 0) is 43.4 Å². The highest BCUT2D eigenvalue weighted by Gasteiger charge is 2.58. The van der Waals surface area contributed by atoms with Gasteiger partial charge in [-0.2, -0.15) is 0 Å². The van der Waals surface area contributed by atoms with Crippen molar-refractivity contribution in [1.82, 2.24) is 0 Å². The molecule has 2 bridgehead atoms. The van der Waals surface area contributed by atoms with Crippen LogP contribution >= 0.6 is 0 Å². The van der Waals surface area contributed by atoms with Gasteiger partial charge in [0.1, 0.15) is 0 Å². The van der Waals surface area contributed by atoms with E-state index in [0.717, 1.165) is 12.3 Å². The molecule has 1 N–H and O–H groups in total. The third-order valence-electron chi connectivity index (χ3n) is 4.16. The smallest absolute Gasteiger partial charge is 0.0655 e. The van der Waals surface area contributed by atoms with E-state index in [0.29, 0.717) is 11.3 Å². The van der Waals surface area contributed by atoms with Gasteiger partial charge in [-0.3, -0.25) is 0 Å². The third-order valence-corrected chi connectivity index (χ3v) is 4.16. The van der Waals surface area contributed by atoms with Gasteiger partial charge in [0.2, 0.25) is 0 Å². The molecule has 2 rings (SSSR count). The first-order valence-corrected chi connectivity index (χ1v) is 4.67. The van der Waals surface area contributed by atoms with E-state index in [2.05, 4.69) is 13.8 Å². The number of hydrogen-bond donors (Lipinski definition) is 1. The van der Waals surface area contributed by atoms with Gasteiger partial charge in [0.25, 0.3) is 0 Å². The molecule has 0 aromatic rings. The van der Waals surface area contributed by atoms with E-state index >= 15 is 0 Å². The maximum atomic E-state index is 10.0. The minimum absolute atomic E-state index is 0.355. The molecule has 0 aromatic heterocycles. The lowest BCUT2D eigenvalue weighted by atomic mass is 9.79. The Bertz CT molecular complexity index is 181. The van der Waals surface area contributed by atoms with E-state index < -0.39 is 0 Å². The fourth-order valence-electron chi connectivity index (χ4n) is 3.51. The predicted octanol–water partition coefficient (Wildman–Crippen LogP) is 2.19. The molecule has 0 aromatic carbocycles. The number of hydrogen-bond acceptors (Lipinski definition) is 1. The second kappa shape index (κ2) is 1.82. The number of fused-ring (bicyclic) bond motifs is 2. The number of aliphatic hydroxyl groups is 1. The maximum Gasteiger partial charge on any atom is 0.0655 e. The van der Waals surface area contributed by atoms with Crippen LogP contribution in [0.3, 0.4) is 0 Å². The molecule has 1 nitrogen and oxygen atoms in total. The summed E-state index contributed by atoms with van der Waals surface area (Å²) in [6.45, 7) is 6.65. The molecule has 0 spiro atoms. The monoisotopic (exact) mass is 154 g/mol. The summed E-state index contributed by atoms with van der Waals surface area (Å²) in [5, 5.41) is 10.0. The number of rotatable bonds is 0. The van der Waals surface area contributed by atoms with Crippen LogP contribution in [0.1, 0.15) is 40.0 Å². The van der Waals surface area contributed by atoms with Crippen molar-refractivity contribution in [3.8, 4) is 0 Å². The molecule has 64 valence electrons. The van der Waals surface area contributed by atoms with Crippen LogP contribution in [0.5, 0.6) is 0 Å². The van der Waals surface area contributed by atoms with Crippen LogP contribution in [-0.4, -0.2) is 10.7 Å². The molecule has 2 fully saturated rings. The Balaban J connectivity index is 2.33. The van der Waals surface area contributed by atoms with E-state index in [9.17, 15) is 5.11 Å². The van der Waals surface area contributed by atoms with Gasteiger partial charge < -0.3 is 5.11 Å². The lowest BCUT2D eigenvalue weighted by Gasteiger charge is -2.31. The Labute approximate surface area is 68.8 Å². The second-order valence-electron chi connectivity index (χ2n) is 5.21. The molecule has 0 heterocycles. The highest BCUT2D eigenvalue weighted by atomic mass is 16.3. The third kappa shape index (κ3) is 0.807. The van der Waals surface area contributed by atoms with Crippen LogP contribution in [0.25, 0.3) is 0 Å². The summed E-state index contributed by atoms with van der Waals surface area (Å²) >= 11 is 0. The van der Waals surface area contributed by atoms with Gasteiger partial charge in [-0.25, -0.2) is 0 Å². The largest absolute Gasteiger partial charge is 0.390 e. The van der Waals surface area contributed by atoms with Crippen molar-refractivity contribution < 1.29 is 5.11 Å². The van der Waals surface area contributed by atoms with Crippen molar-refractivity contribution in [2.75, 3.05) is 0 Å². The first kappa shape index (κ1) is 7.60. The Morgan fingerprint density at radius 1 is 1.18 bits per heavy atom. The van der Waals surface area contributed by atoms with Crippen LogP contribution in [0.4, 0.5) is 0 Å². The molecule has 11 heavy (non-hydrogen) atoms. The standard InChI is InChI=1S/C10H18O/c1-9(2)7-4-5-8(9)10(3,11)6-7/h7-8,11H,4-6H2,1-3H3/t7-,8-,10-/m0/s1. The molecule has 2 saturated carbocycles. The van der Waals surface area contributed by atoms with Crippen LogP contribution in [-0.2, 0) is 0 Å². The average Bonchev–Trinajstić information content (AvgIpc) is 2.15. The first-order chi connectivity index (χ1) is 4.94. The fourth-order valence-corrected chi connectivity index (χ4v) is 3.51. The van der Waals surface area contributed by atoms with Crippen molar-refractivity contribution in [2.24, 2.45) is 17.3 Å². The van der Waals surface area contributed by atoms with Crippen molar-refractivity contribution in [2.45, 2.75) is 45.6 Å². The Hall–Kier alpha value is -0.0400. The van der Waals surface area contributed by atoms with Crippen molar-refractivity contribution >= 4 is 0 Å². The average molecular weight is 154 g/mol. The maximum absolute atomic E-state index is 10.0. The molecule has 3 atom stereocenters. The summed E-state index contributed by atoms with van der Waals surface area (Å²) in [4.78, 5) is 0. The lowest BCUT2D eigenvalue weighted by molar-refractivity contribution is -0.00792.